The number of rotatable bonds is 7. The Morgan fingerprint density at radius 1 is 1.63 bits per heavy atom. The monoisotopic (exact) mass is 285 g/mol. The number of hydrogen-bond acceptors (Lipinski definition) is 5. The van der Waals surface area contributed by atoms with Gasteiger partial charge in [0.25, 0.3) is 0 Å². The van der Waals surface area contributed by atoms with Gasteiger partial charge in [0.1, 0.15) is 5.25 Å². The Bertz CT molecular complexity index is 454. The van der Waals surface area contributed by atoms with Crippen molar-refractivity contribution in [1.82, 2.24) is 10.3 Å². The molecule has 1 amide bonds. The molecule has 1 heterocycles. The molecule has 0 saturated heterocycles. The number of amides is 1. The van der Waals surface area contributed by atoms with E-state index in [1.54, 1.807) is 20.1 Å². The topological polar surface area (TPSA) is 94.3 Å². The molecule has 2 atom stereocenters. The number of nitrogen functional groups attached to an aromatic ring is 1. The van der Waals surface area contributed by atoms with E-state index in [0.29, 0.717) is 23.7 Å². The lowest BCUT2D eigenvalue weighted by Crippen LogP contribution is -2.36. The number of aromatic nitrogens is 1. The fourth-order valence-corrected chi connectivity index (χ4v) is 2.58. The van der Waals surface area contributed by atoms with Crippen molar-refractivity contribution in [2.75, 3.05) is 26.0 Å². The Balaban J connectivity index is 2.57. The van der Waals surface area contributed by atoms with Gasteiger partial charge in [0.15, 0.2) is 0 Å². The molecule has 3 N–H and O–H groups in total. The molecule has 0 radical (unpaired) electrons. The first kappa shape index (κ1) is 15.6. The van der Waals surface area contributed by atoms with Crippen LogP contribution >= 0.6 is 0 Å². The first-order chi connectivity index (χ1) is 9.07. The van der Waals surface area contributed by atoms with E-state index in [2.05, 4.69) is 10.3 Å². The van der Waals surface area contributed by atoms with Gasteiger partial charge in [-0.25, -0.2) is 0 Å². The van der Waals surface area contributed by atoms with Gasteiger partial charge >= 0.3 is 0 Å². The predicted octanol–water partition coefficient (Wildman–Crippen LogP) is 0.313. The Morgan fingerprint density at radius 2 is 2.37 bits per heavy atom. The van der Waals surface area contributed by atoms with Crippen LogP contribution in [0.3, 0.4) is 0 Å². The summed E-state index contributed by atoms with van der Waals surface area (Å²) in [6.07, 6.45) is 3.66. The van der Waals surface area contributed by atoms with Crippen molar-refractivity contribution in [3.05, 3.63) is 18.5 Å². The summed E-state index contributed by atoms with van der Waals surface area (Å²) in [6.45, 7) is 2.69. The molecule has 0 bridgehead atoms. The maximum absolute atomic E-state index is 12.2. The maximum atomic E-state index is 12.2. The van der Waals surface area contributed by atoms with Crippen molar-refractivity contribution in [2.24, 2.45) is 0 Å². The molecule has 0 aliphatic rings. The highest BCUT2D eigenvalue weighted by Gasteiger charge is 2.22. The molecule has 0 aromatic carbocycles. The number of pyridine rings is 1. The number of hydrogen-bond donors (Lipinski definition) is 2. The molecular formula is C12H19N3O3S. The minimum absolute atomic E-state index is 0.259. The van der Waals surface area contributed by atoms with E-state index in [1.807, 2.05) is 0 Å². The van der Waals surface area contributed by atoms with Gasteiger partial charge in [0.05, 0.1) is 27.6 Å². The second-order valence-electron chi connectivity index (χ2n) is 3.99. The molecule has 7 heteroatoms. The molecule has 2 unspecified atom stereocenters. The third kappa shape index (κ3) is 4.60. The Morgan fingerprint density at radius 3 is 3.00 bits per heavy atom. The SMILES string of the molecule is COCCCNC(=O)C(C)S(=O)c1ccncc1N. The van der Waals surface area contributed by atoms with Crippen molar-refractivity contribution in [3.63, 3.8) is 0 Å². The Kier molecular flexibility index (Phi) is 6.44. The van der Waals surface area contributed by atoms with E-state index in [4.69, 9.17) is 10.5 Å². The fraction of sp³-hybridized carbons (Fsp3) is 0.500. The molecule has 6 nitrogen and oxygen atoms in total. The van der Waals surface area contributed by atoms with Crippen LogP contribution in [0.4, 0.5) is 5.69 Å². The first-order valence-corrected chi connectivity index (χ1v) is 7.16. The van der Waals surface area contributed by atoms with Gasteiger partial charge < -0.3 is 15.8 Å². The van der Waals surface area contributed by atoms with E-state index in [9.17, 15) is 9.00 Å². The van der Waals surface area contributed by atoms with Crippen molar-refractivity contribution < 1.29 is 13.7 Å². The van der Waals surface area contributed by atoms with Crippen LogP contribution in [0, 0.1) is 0 Å². The average molecular weight is 285 g/mol. The van der Waals surface area contributed by atoms with Crippen molar-refractivity contribution >= 4 is 22.4 Å². The summed E-state index contributed by atoms with van der Waals surface area (Å²) in [7, 11) is 0.118. The number of anilines is 1. The number of nitrogens with zero attached hydrogens (tertiary/aromatic N) is 1. The quantitative estimate of drug-likeness (QED) is 0.703. The number of methoxy groups -OCH3 is 1. The molecule has 0 fully saturated rings. The average Bonchev–Trinajstić information content (AvgIpc) is 2.42. The van der Waals surface area contributed by atoms with Crippen LogP contribution in [0.5, 0.6) is 0 Å². The second-order valence-corrected chi connectivity index (χ2v) is 5.73. The summed E-state index contributed by atoms with van der Waals surface area (Å²) in [5.41, 5.74) is 6.03. The zero-order valence-electron chi connectivity index (χ0n) is 11.1. The fourth-order valence-electron chi connectivity index (χ4n) is 1.44. The highest BCUT2D eigenvalue weighted by Crippen LogP contribution is 2.17. The van der Waals surface area contributed by atoms with Crippen LogP contribution in [0.25, 0.3) is 0 Å². The van der Waals surface area contributed by atoms with Gasteiger partial charge in [-0.1, -0.05) is 0 Å². The molecule has 0 spiro atoms. The third-order valence-electron chi connectivity index (χ3n) is 2.54. The van der Waals surface area contributed by atoms with Crippen molar-refractivity contribution in [2.45, 2.75) is 23.5 Å². The molecule has 0 aliphatic heterocycles. The van der Waals surface area contributed by atoms with Crippen LogP contribution in [0.1, 0.15) is 13.3 Å². The van der Waals surface area contributed by atoms with Crippen LogP contribution in [0.15, 0.2) is 23.4 Å². The van der Waals surface area contributed by atoms with E-state index >= 15 is 0 Å². The van der Waals surface area contributed by atoms with Gasteiger partial charge in [-0.15, -0.1) is 0 Å². The minimum Gasteiger partial charge on any atom is -0.396 e. The number of nitrogens with one attached hydrogen (secondary N) is 1. The Hall–Kier alpha value is -1.47. The maximum Gasteiger partial charge on any atom is 0.235 e. The van der Waals surface area contributed by atoms with Gasteiger partial charge in [0.2, 0.25) is 5.91 Å². The standard InChI is InChI=1S/C12H19N3O3S/c1-9(12(16)15-5-3-7-18-2)19(17)11-4-6-14-8-10(11)13/h4,6,8-9H,3,5,7,13H2,1-2H3,(H,15,16). The second kappa shape index (κ2) is 7.85. The molecule has 0 aliphatic carbocycles. The van der Waals surface area contributed by atoms with E-state index in [-0.39, 0.29) is 5.91 Å². The zero-order chi connectivity index (χ0) is 14.3. The summed E-state index contributed by atoms with van der Waals surface area (Å²) in [5, 5.41) is 2.06. The summed E-state index contributed by atoms with van der Waals surface area (Å²) >= 11 is 0. The summed E-state index contributed by atoms with van der Waals surface area (Å²) < 4.78 is 17.1. The first-order valence-electron chi connectivity index (χ1n) is 5.94. The molecule has 1 aromatic rings. The smallest absolute Gasteiger partial charge is 0.235 e. The highest BCUT2D eigenvalue weighted by molar-refractivity contribution is 7.86. The van der Waals surface area contributed by atoms with Crippen LogP contribution in [-0.4, -0.2) is 40.6 Å². The van der Waals surface area contributed by atoms with E-state index in [1.165, 1.54) is 12.4 Å². The van der Waals surface area contributed by atoms with Gasteiger partial charge in [-0.2, -0.15) is 0 Å². The van der Waals surface area contributed by atoms with Gasteiger partial charge in [-0.05, 0) is 19.4 Å². The van der Waals surface area contributed by atoms with Crippen molar-refractivity contribution in [1.29, 1.82) is 0 Å². The van der Waals surface area contributed by atoms with Crippen molar-refractivity contribution in [3.8, 4) is 0 Å². The lowest BCUT2D eigenvalue weighted by Gasteiger charge is -2.13. The normalized spacial score (nSPS) is 13.8. The number of carbonyl (C=O) groups excluding carboxylic acids is 1. The summed E-state index contributed by atoms with van der Waals surface area (Å²) in [5.74, 6) is -0.259. The molecule has 106 valence electrons. The molecule has 0 saturated carbocycles. The van der Waals surface area contributed by atoms with E-state index in [0.717, 1.165) is 6.42 Å². The minimum atomic E-state index is -1.49. The largest absolute Gasteiger partial charge is 0.396 e. The van der Waals surface area contributed by atoms with Gasteiger partial charge in [-0.3, -0.25) is 14.0 Å². The lowest BCUT2D eigenvalue weighted by molar-refractivity contribution is -0.120. The zero-order valence-corrected chi connectivity index (χ0v) is 11.9. The molecule has 1 rings (SSSR count). The van der Waals surface area contributed by atoms with Crippen LogP contribution < -0.4 is 11.1 Å². The predicted molar refractivity (Wildman–Crippen MR) is 74.0 cm³/mol. The summed E-state index contributed by atoms with van der Waals surface area (Å²) in [4.78, 5) is 16.1. The van der Waals surface area contributed by atoms with Gasteiger partial charge in [0, 0.05) is 26.5 Å². The number of nitrogens with two attached hydrogens (primary N) is 1. The summed E-state index contributed by atoms with van der Waals surface area (Å²) in [6, 6.07) is 1.57. The molecular weight excluding hydrogens is 266 g/mol. The van der Waals surface area contributed by atoms with Crippen LogP contribution in [0.2, 0.25) is 0 Å². The molecule has 19 heavy (non-hydrogen) atoms. The van der Waals surface area contributed by atoms with E-state index < -0.39 is 16.0 Å². The lowest BCUT2D eigenvalue weighted by atomic mass is 10.4. The molecule has 1 aromatic heterocycles. The highest BCUT2D eigenvalue weighted by atomic mass is 32.2. The number of ether oxygens (including phenoxy) is 1. The van der Waals surface area contributed by atoms with Crippen LogP contribution in [-0.2, 0) is 20.3 Å². The Labute approximate surface area is 115 Å². The third-order valence-corrected chi connectivity index (χ3v) is 4.20. The number of carbonyl (C=O) groups is 1.